The predicted octanol–water partition coefficient (Wildman–Crippen LogP) is 3.60. The van der Waals surface area contributed by atoms with Gasteiger partial charge in [-0.1, -0.05) is 26.0 Å². The van der Waals surface area contributed by atoms with Gasteiger partial charge in [0.25, 0.3) is 0 Å². The molecule has 0 unspecified atom stereocenters. The van der Waals surface area contributed by atoms with Crippen molar-refractivity contribution in [3.63, 3.8) is 0 Å². The summed E-state index contributed by atoms with van der Waals surface area (Å²) in [6.07, 6.45) is 3.63. The Morgan fingerprint density at radius 2 is 1.78 bits per heavy atom. The summed E-state index contributed by atoms with van der Waals surface area (Å²) in [6.45, 7) is 6.40. The summed E-state index contributed by atoms with van der Waals surface area (Å²) in [5.41, 5.74) is 2.32. The second-order valence-electron chi connectivity index (χ2n) is 8.90. The third-order valence-electron chi connectivity index (χ3n) is 6.67. The fourth-order valence-electron chi connectivity index (χ4n) is 4.76. The first-order valence-electron chi connectivity index (χ1n) is 12.6. The zero-order chi connectivity index (χ0) is 25.7. The molecule has 0 aliphatic carbocycles. The number of aromatic amines is 1. The van der Waals surface area contributed by atoms with Gasteiger partial charge in [0, 0.05) is 32.7 Å². The van der Waals surface area contributed by atoms with Gasteiger partial charge in [0.15, 0.2) is 0 Å². The molecule has 1 aromatic heterocycles. The number of piperidine rings is 1. The number of hydrogen-bond donors (Lipinski definition) is 1. The van der Waals surface area contributed by atoms with Crippen molar-refractivity contribution in [2.45, 2.75) is 51.0 Å². The number of hydrogen-bond acceptors (Lipinski definition) is 6. The van der Waals surface area contributed by atoms with E-state index in [-0.39, 0.29) is 22.8 Å². The van der Waals surface area contributed by atoms with E-state index in [9.17, 15) is 18.0 Å². The smallest absolute Gasteiger partial charge is 0.340 e. The molecule has 1 N–H and O–H groups in total. The zero-order valence-electron chi connectivity index (χ0n) is 20.9. The Morgan fingerprint density at radius 3 is 2.50 bits per heavy atom. The number of ether oxygens (including phenoxy) is 1. The summed E-state index contributed by atoms with van der Waals surface area (Å²) in [6, 6.07) is 12.2. The molecule has 3 aromatic rings. The molecule has 1 aliphatic rings. The molecule has 194 valence electrons. The molecule has 10 heteroatoms. The summed E-state index contributed by atoms with van der Waals surface area (Å²) in [5.74, 6) is -0.557. The molecule has 2 heterocycles. The normalized spacial score (nSPS) is 14.5. The van der Waals surface area contributed by atoms with Crippen LogP contribution < -0.4 is 10.6 Å². The highest BCUT2D eigenvalue weighted by Gasteiger charge is 2.26. The maximum atomic E-state index is 13.2. The number of anilines is 1. The molecule has 1 saturated heterocycles. The van der Waals surface area contributed by atoms with Gasteiger partial charge in [0.1, 0.15) is 0 Å². The fraction of sp³-hybridized carbons (Fsp3) is 0.462. The average Bonchev–Trinajstić information content (AvgIpc) is 3.22. The highest BCUT2D eigenvalue weighted by Crippen LogP contribution is 2.29. The summed E-state index contributed by atoms with van der Waals surface area (Å²) in [7, 11) is -3.72. The number of para-hydroxylation sites is 2. The topological polar surface area (TPSA) is 105 Å². The number of aromatic nitrogens is 2. The second kappa shape index (κ2) is 11.3. The largest absolute Gasteiger partial charge is 0.462 e. The van der Waals surface area contributed by atoms with Crippen molar-refractivity contribution in [3.8, 4) is 0 Å². The van der Waals surface area contributed by atoms with E-state index in [0.717, 1.165) is 43.4 Å². The summed E-state index contributed by atoms with van der Waals surface area (Å²) < 4.78 is 34.8. The molecule has 0 amide bonds. The van der Waals surface area contributed by atoms with Gasteiger partial charge in [-0.3, -0.25) is 4.57 Å². The van der Waals surface area contributed by atoms with Crippen molar-refractivity contribution in [3.05, 3.63) is 58.5 Å². The lowest BCUT2D eigenvalue weighted by Crippen LogP contribution is -2.32. The van der Waals surface area contributed by atoms with E-state index in [1.54, 1.807) is 30.5 Å². The molecule has 2 aromatic carbocycles. The number of nitrogens with one attached hydrogen (secondary N) is 1. The van der Waals surface area contributed by atoms with E-state index in [4.69, 9.17) is 4.74 Å². The Hall–Kier alpha value is -3.11. The SMILES string of the molecule is CCN(CC)S(=O)(=O)c1ccc(N2CCCCC2)c(C(=O)OCCCn2c(=O)[nH]c3ccccc32)c1. The minimum Gasteiger partial charge on any atom is -0.462 e. The minimum absolute atomic E-state index is 0.0873. The Labute approximate surface area is 211 Å². The van der Waals surface area contributed by atoms with Crippen molar-refractivity contribution >= 4 is 32.7 Å². The Morgan fingerprint density at radius 1 is 1.06 bits per heavy atom. The van der Waals surface area contributed by atoms with Crippen LogP contribution in [0.3, 0.4) is 0 Å². The average molecular weight is 515 g/mol. The lowest BCUT2D eigenvalue weighted by molar-refractivity contribution is 0.0496. The van der Waals surface area contributed by atoms with Gasteiger partial charge in [-0.2, -0.15) is 4.31 Å². The molecular formula is C26H34N4O5S. The number of carbonyl (C=O) groups excluding carboxylic acids is 1. The molecule has 36 heavy (non-hydrogen) atoms. The Kier molecular flexibility index (Phi) is 8.15. The monoisotopic (exact) mass is 514 g/mol. The molecule has 1 fully saturated rings. The van der Waals surface area contributed by atoms with E-state index in [2.05, 4.69) is 9.88 Å². The number of H-pyrrole nitrogens is 1. The van der Waals surface area contributed by atoms with Crippen LogP contribution in [0.15, 0.2) is 52.2 Å². The standard InChI is InChI=1S/C26H34N4O5S/c1-3-29(4-2)36(33,34)20-13-14-23(28-15-8-5-9-16-28)21(19-20)25(31)35-18-10-17-30-24-12-7-6-11-22(24)27-26(30)32/h6-7,11-14,19H,3-5,8-10,15-18H2,1-2H3,(H,27,32). The van der Waals surface area contributed by atoms with Crippen LogP contribution in [-0.4, -0.2) is 61.0 Å². The van der Waals surface area contributed by atoms with Crippen LogP contribution >= 0.6 is 0 Å². The molecule has 1 aliphatic heterocycles. The zero-order valence-corrected chi connectivity index (χ0v) is 21.7. The first-order chi connectivity index (χ1) is 17.4. The van der Waals surface area contributed by atoms with Crippen LogP contribution in [0.2, 0.25) is 0 Å². The number of imidazole rings is 1. The number of esters is 1. The molecule has 0 saturated carbocycles. The number of fused-ring (bicyclic) bond motifs is 1. The number of nitrogens with zero attached hydrogens (tertiary/aromatic N) is 3. The fourth-order valence-corrected chi connectivity index (χ4v) is 6.24. The van der Waals surface area contributed by atoms with Crippen molar-refractivity contribution in [1.29, 1.82) is 0 Å². The third-order valence-corrected chi connectivity index (χ3v) is 8.71. The van der Waals surface area contributed by atoms with Gasteiger partial charge in [0.05, 0.1) is 33.8 Å². The number of benzene rings is 2. The van der Waals surface area contributed by atoms with Crippen LogP contribution in [0.5, 0.6) is 0 Å². The quantitative estimate of drug-likeness (QED) is 0.327. The first kappa shape index (κ1) is 26.0. The molecular weight excluding hydrogens is 480 g/mol. The van der Waals surface area contributed by atoms with E-state index in [0.29, 0.717) is 31.7 Å². The summed E-state index contributed by atoms with van der Waals surface area (Å²) >= 11 is 0. The highest BCUT2D eigenvalue weighted by atomic mass is 32.2. The lowest BCUT2D eigenvalue weighted by atomic mass is 10.1. The lowest BCUT2D eigenvalue weighted by Gasteiger charge is -2.30. The van der Waals surface area contributed by atoms with Crippen molar-refractivity contribution < 1.29 is 17.9 Å². The maximum Gasteiger partial charge on any atom is 0.340 e. The molecule has 0 spiro atoms. The van der Waals surface area contributed by atoms with Gasteiger partial charge < -0.3 is 14.6 Å². The number of rotatable bonds is 10. The molecule has 0 atom stereocenters. The Bertz CT molecular complexity index is 1370. The number of sulfonamides is 1. The van der Waals surface area contributed by atoms with Gasteiger partial charge in [-0.05, 0) is 56.0 Å². The molecule has 0 radical (unpaired) electrons. The van der Waals surface area contributed by atoms with E-state index in [1.165, 1.54) is 10.4 Å². The highest BCUT2D eigenvalue weighted by molar-refractivity contribution is 7.89. The van der Waals surface area contributed by atoms with Gasteiger partial charge in [-0.25, -0.2) is 18.0 Å². The van der Waals surface area contributed by atoms with Crippen LogP contribution in [0, 0.1) is 0 Å². The summed E-state index contributed by atoms with van der Waals surface area (Å²) in [4.78, 5) is 30.5. The van der Waals surface area contributed by atoms with E-state index in [1.807, 2.05) is 24.3 Å². The van der Waals surface area contributed by atoms with Crippen molar-refractivity contribution in [1.82, 2.24) is 13.9 Å². The number of carbonyl (C=O) groups is 1. The first-order valence-corrected chi connectivity index (χ1v) is 14.0. The van der Waals surface area contributed by atoms with E-state index < -0.39 is 16.0 Å². The van der Waals surface area contributed by atoms with Crippen LogP contribution in [0.4, 0.5) is 5.69 Å². The van der Waals surface area contributed by atoms with Crippen molar-refractivity contribution in [2.75, 3.05) is 37.7 Å². The summed E-state index contributed by atoms with van der Waals surface area (Å²) in [5, 5.41) is 0. The Balaban J connectivity index is 1.53. The van der Waals surface area contributed by atoms with Gasteiger partial charge in [0.2, 0.25) is 10.0 Å². The van der Waals surface area contributed by atoms with Crippen LogP contribution in [-0.2, 0) is 21.3 Å². The second-order valence-corrected chi connectivity index (χ2v) is 10.8. The van der Waals surface area contributed by atoms with Gasteiger partial charge in [-0.15, -0.1) is 0 Å². The van der Waals surface area contributed by atoms with Crippen LogP contribution in [0.1, 0.15) is 49.9 Å². The maximum absolute atomic E-state index is 13.2. The van der Waals surface area contributed by atoms with E-state index >= 15 is 0 Å². The molecule has 4 rings (SSSR count). The number of aryl methyl sites for hydroxylation is 1. The van der Waals surface area contributed by atoms with Gasteiger partial charge >= 0.3 is 11.7 Å². The predicted molar refractivity (Wildman–Crippen MR) is 140 cm³/mol. The van der Waals surface area contributed by atoms with Crippen molar-refractivity contribution in [2.24, 2.45) is 0 Å². The van der Waals surface area contributed by atoms with Crippen LogP contribution in [0.25, 0.3) is 11.0 Å². The molecule has 9 nitrogen and oxygen atoms in total. The molecule has 0 bridgehead atoms. The third kappa shape index (κ3) is 5.34. The minimum atomic E-state index is -3.72.